The van der Waals surface area contributed by atoms with Crippen molar-refractivity contribution in [2.45, 2.75) is 13.8 Å². The van der Waals surface area contributed by atoms with Crippen LogP contribution in [0.3, 0.4) is 0 Å². The van der Waals surface area contributed by atoms with Crippen LogP contribution in [0, 0.1) is 13.8 Å². The van der Waals surface area contributed by atoms with E-state index in [2.05, 4.69) is 0 Å². The van der Waals surface area contributed by atoms with Crippen LogP contribution in [-0.4, -0.2) is 0 Å². The molecule has 0 saturated carbocycles. The fraction of sp³-hybridized carbons (Fsp3) is 0.182. The van der Waals surface area contributed by atoms with Crippen LogP contribution < -0.4 is 5.43 Å². The van der Waals surface area contributed by atoms with Gasteiger partial charge in [-0.15, -0.1) is 0 Å². The van der Waals surface area contributed by atoms with E-state index in [0.717, 1.165) is 11.1 Å². The van der Waals surface area contributed by atoms with E-state index in [-0.39, 0.29) is 5.43 Å². The number of aryl methyl sites for hydroxylation is 2. The molecule has 0 amide bonds. The van der Waals surface area contributed by atoms with Crippen molar-refractivity contribution in [3.05, 3.63) is 45.8 Å². The number of hydrogen-bond donors (Lipinski definition) is 0. The summed E-state index contributed by atoms with van der Waals surface area (Å²) in [6.07, 6.45) is 1.43. The second-order valence-corrected chi connectivity index (χ2v) is 3.22. The highest BCUT2D eigenvalue weighted by molar-refractivity contribution is 5.77. The van der Waals surface area contributed by atoms with Gasteiger partial charge in [0.1, 0.15) is 5.58 Å². The van der Waals surface area contributed by atoms with Gasteiger partial charge in [0.15, 0.2) is 5.43 Å². The highest BCUT2D eigenvalue weighted by atomic mass is 16.3. The molecule has 2 heteroatoms. The number of benzene rings is 1. The summed E-state index contributed by atoms with van der Waals surface area (Å²) in [6.45, 7) is 3.99. The van der Waals surface area contributed by atoms with Gasteiger partial charge in [-0.05, 0) is 37.1 Å². The highest BCUT2D eigenvalue weighted by Gasteiger charge is 2.01. The second kappa shape index (κ2) is 2.73. The quantitative estimate of drug-likeness (QED) is 0.614. The molecule has 2 nitrogen and oxygen atoms in total. The molecule has 0 aliphatic rings. The predicted molar refractivity (Wildman–Crippen MR) is 52.0 cm³/mol. The predicted octanol–water partition coefficient (Wildman–Crippen LogP) is 2.41. The monoisotopic (exact) mass is 174 g/mol. The molecule has 0 N–H and O–H groups in total. The Labute approximate surface area is 75.8 Å². The van der Waals surface area contributed by atoms with Crippen molar-refractivity contribution in [3.8, 4) is 0 Å². The van der Waals surface area contributed by atoms with Crippen molar-refractivity contribution >= 4 is 11.0 Å². The molecule has 0 radical (unpaired) electrons. The third-order valence-electron chi connectivity index (χ3n) is 2.28. The van der Waals surface area contributed by atoms with Gasteiger partial charge < -0.3 is 4.42 Å². The summed E-state index contributed by atoms with van der Waals surface area (Å²) in [7, 11) is 0. The lowest BCUT2D eigenvalue weighted by molar-refractivity contribution is 0.602. The van der Waals surface area contributed by atoms with Gasteiger partial charge in [0, 0.05) is 6.07 Å². The van der Waals surface area contributed by atoms with E-state index in [9.17, 15) is 4.79 Å². The molecule has 0 atom stereocenters. The van der Waals surface area contributed by atoms with Gasteiger partial charge in [0.2, 0.25) is 0 Å². The fourth-order valence-corrected chi connectivity index (χ4v) is 1.34. The molecule has 0 aliphatic heterocycles. The van der Waals surface area contributed by atoms with E-state index in [1.807, 2.05) is 26.0 Å². The number of fused-ring (bicyclic) bond motifs is 1. The molecule has 0 aliphatic carbocycles. The number of rotatable bonds is 0. The van der Waals surface area contributed by atoms with Crippen LogP contribution >= 0.6 is 0 Å². The summed E-state index contributed by atoms with van der Waals surface area (Å²) >= 11 is 0. The topological polar surface area (TPSA) is 30.2 Å². The minimum absolute atomic E-state index is 0.0179. The Kier molecular flexibility index (Phi) is 1.69. The van der Waals surface area contributed by atoms with Gasteiger partial charge in [-0.1, -0.05) is 0 Å². The van der Waals surface area contributed by atoms with Crippen LogP contribution in [0.2, 0.25) is 0 Å². The van der Waals surface area contributed by atoms with Crippen LogP contribution in [-0.2, 0) is 0 Å². The molecule has 1 aromatic carbocycles. The molecular weight excluding hydrogens is 164 g/mol. The maximum absolute atomic E-state index is 11.4. The van der Waals surface area contributed by atoms with Crippen LogP contribution in [0.4, 0.5) is 0 Å². The maximum atomic E-state index is 11.4. The smallest absolute Gasteiger partial charge is 0.192 e. The van der Waals surface area contributed by atoms with Crippen molar-refractivity contribution in [1.29, 1.82) is 0 Å². The normalized spacial score (nSPS) is 10.6. The number of hydrogen-bond acceptors (Lipinski definition) is 2. The fourth-order valence-electron chi connectivity index (χ4n) is 1.34. The third kappa shape index (κ3) is 1.24. The molecule has 1 heterocycles. The molecule has 13 heavy (non-hydrogen) atoms. The van der Waals surface area contributed by atoms with Gasteiger partial charge in [-0.2, -0.15) is 0 Å². The van der Waals surface area contributed by atoms with E-state index in [4.69, 9.17) is 4.42 Å². The summed E-state index contributed by atoms with van der Waals surface area (Å²) in [4.78, 5) is 11.4. The summed E-state index contributed by atoms with van der Waals surface area (Å²) in [5.74, 6) is 0. The minimum atomic E-state index is 0.0179. The molecule has 0 unspecified atom stereocenters. The van der Waals surface area contributed by atoms with Gasteiger partial charge in [0.25, 0.3) is 0 Å². The first kappa shape index (κ1) is 8.05. The molecule has 2 aromatic rings. The zero-order valence-corrected chi connectivity index (χ0v) is 7.63. The Morgan fingerprint density at radius 3 is 2.62 bits per heavy atom. The Hall–Kier alpha value is -1.57. The largest absolute Gasteiger partial charge is 0.464 e. The Morgan fingerprint density at radius 1 is 1.15 bits per heavy atom. The highest BCUT2D eigenvalue weighted by Crippen LogP contribution is 2.15. The molecule has 0 fully saturated rings. The van der Waals surface area contributed by atoms with E-state index in [1.165, 1.54) is 12.3 Å². The lowest BCUT2D eigenvalue weighted by atomic mass is 10.1. The van der Waals surface area contributed by atoms with Crippen LogP contribution in [0.25, 0.3) is 11.0 Å². The minimum Gasteiger partial charge on any atom is -0.464 e. The first-order valence-electron chi connectivity index (χ1n) is 4.17. The van der Waals surface area contributed by atoms with Gasteiger partial charge in [-0.25, -0.2) is 0 Å². The summed E-state index contributed by atoms with van der Waals surface area (Å²) < 4.78 is 5.23. The van der Waals surface area contributed by atoms with Crippen molar-refractivity contribution in [2.75, 3.05) is 0 Å². The molecule has 0 spiro atoms. The van der Waals surface area contributed by atoms with Crippen molar-refractivity contribution < 1.29 is 4.42 Å². The van der Waals surface area contributed by atoms with E-state index in [1.54, 1.807) is 0 Å². The molecule has 1 aromatic heterocycles. The SMILES string of the molecule is Cc1cc2occc(=O)c2cc1C. The lowest BCUT2D eigenvalue weighted by Crippen LogP contribution is -1.98. The standard InChI is InChI=1S/C11H10O2/c1-7-5-9-10(12)3-4-13-11(9)6-8(7)2/h3-6H,1-2H3. The van der Waals surface area contributed by atoms with Crippen LogP contribution in [0.15, 0.2) is 33.7 Å². The van der Waals surface area contributed by atoms with Gasteiger partial charge in [-0.3, -0.25) is 4.79 Å². The first-order chi connectivity index (χ1) is 6.18. The summed E-state index contributed by atoms with van der Waals surface area (Å²) in [6, 6.07) is 5.21. The average molecular weight is 174 g/mol. The van der Waals surface area contributed by atoms with Gasteiger partial charge in [0.05, 0.1) is 11.6 Å². The lowest BCUT2D eigenvalue weighted by Gasteiger charge is -2.00. The van der Waals surface area contributed by atoms with Crippen molar-refractivity contribution in [3.63, 3.8) is 0 Å². The van der Waals surface area contributed by atoms with Gasteiger partial charge >= 0.3 is 0 Å². The van der Waals surface area contributed by atoms with Crippen LogP contribution in [0.5, 0.6) is 0 Å². The zero-order valence-electron chi connectivity index (χ0n) is 7.63. The molecular formula is C11H10O2. The first-order valence-corrected chi connectivity index (χ1v) is 4.17. The summed E-state index contributed by atoms with van der Waals surface area (Å²) in [5.41, 5.74) is 2.94. The Morgan fingerprint density at radius 2 is 1.85 bits per heavy atom. The second-order valence-electron chi connectivity index (χ2n) is 3.22. The van der Waals surface area contributed by atoms with Crippen molar-refractivity contribution in [2.24, 2.45) is 0 Å². The van der Waals surface area contributed by atoms with E-state index < -0.39 is 0 Å². The Balaban J connectivity index is 2.97. The maximum Gasteiger partial charge on any atom is 0.192 e. The zero-order chi connectivity index (χ0) is 9.42. The Bertz CT molecular complexity index is 509. The molecule has 2 rings (SSSR count). The van der Waals surface area contributed by atoms with E-state index in [0.29, 0.717) is 11.0 Å². The van der Waals surface area contributed by atoms with Crippen molar-refractivity contribution in [1.82, 2.24) is 0 Å². The van der Waals surface area contributed by atoms with E-state index >= 15 is 0 Å². The van der Waals surface area contributed by atoms with Crippen LogP contribution in [0.1, 0.15) is 11.1 Å². The average Bonchev–Trinajstić information content (AvgIpc) is 2.09. The molecule has 66 valence electrons. The summed E-state index contributed by atoms with van der Waals surface area (Å²) in [5, 5.41) is 0.658. The molecule has 0 saturated heterocycles. The molecule has 0 bridgehead atoms. The third-order valence-corrected chi connectivity index (χ3v) is 2.28.